The summed E-state index contributed by atoms with van der Waals surface area (Å²) in [5.74, 6) is -2.50. The second-order valence-corrected chi connectivity index (χ2v) is 11.1. The third kappa shape index (κ3) is 6.23. The molecule has 9 nitrogen and oxygen atoms in total. The molecule has 4 N–H and O–H groups in total. The Morgan fingerprint density at radius 1 is 1.05 bits per heavy atom. The number of hydrogen-bond acceptors (Lipinski definition) is 4. The lowest BCUT2D eigenvalue weighted by atomic mass is 9.95. The number of rotatable bonds is 8. The van der Waals surface area contributed by atoms with Crippen LogP contribution in [-0.4, -0.2) is 53.0 Å². The van der Waals surface area contributed by atoms with E-state index in [1.54, 1.807) is 17.0 Å². The number of nitrogens with zero attached hydrogens (tertiary/aromatic N) is 1. The molecule has 0 radical (unpaired) electrons. The summed E-state index contributed by atoms with van der Waals surface area (Å²) in [5, 5.41) is 17.8. The SMILES string of the molecule is O=C(NCC(NC(=O)c1c(Cl)cc2c(c1Cl)CCN(Cc1ccc(Cl)cc1)C2=O)C(=O)O)N[C@@H]1C=Cc2ccccc21. The molecule has 0 saturated carbocycles. The Labute approximate surface area is 256 Å². The summed E-state index contributed by atoms with van der Waals surface area (Å²) in [7, 11) is 0. The van der Waals surface area contributed by atoms with Crippen molar-refractivity contribution in [1.82, 2.24) is 20.9 Å². The van der Waals surface area contributed by atoms with Crippen molar-refractivity contribution in [3.05, 3.63) is 109 Å². The molecule has 3 aromatic carbocycles. The number of aliphatic carboxylic acids is 1. The van der Waals surface area contributed by atoms with Crippen LogP contribution in [0.3, 0.4) is 0 Å². The van der Waals surface area contributed by atoms with Gasteiger partial charge in [-0.2, -0.15) is 0 Å². The molecule has 216 valence electrons. The smallest absolute Gasteiger partial charge is 0.328 e. The molecule has 0 aromatic heterocycles. The summed E-state index contributed by atoms with van der Waals surface area (Å²) in [4.78, 5) is 52.5. The molecule has 4 amide bonds. The predicted molar refractivity (Wildman–Crippen MR) is 160 cm³/mol. The van der Waals surface area contributed by atoms with Crippen molar-refractivity contribution in [2.45, 2.75) is 25.0 Å². The van der Waals surface area contributed by atoms with E-state index in [1.807, 2.05) is 48.6 Å². The fourth-order valence-corrected chi connectivity index (χ4v) is 5.82. The molecule has 1 unspecified atom stereocenters. The van der Waals surface area contributed by atoms with Crippen molar-refractivity contribution < 1.29 is 24.3 Å². The quantitative estimate of drug-likeness (QED) is 0.277. The maximum absolute atomic E-state index is 13.2. The molecule has 1 aliphatic heterocycles. The molecular formula is C30H25Cl3N4O5. The van der Waals surface area contributed by atoms with Gasteiger partial charge in [0.05, 0.1) is 28.2 Å². The van der Waals surface area contributed by atoms with Crippen LogP contribution in [0.2, 0.25) is 15.1 Å². The van der Waals surface area contributed by atoms with Gasteiger partial charge in [0, 0.05) is 23.7 Å². The zero-order chi connectivity index (χ0) is 30.0. The average molecular weight is 628 g/mol. The fraction of sp³-hybridized carbons (Fsp3) is 0.200. The lowest BCUT2D eigenvalue weighted by Gasteiger charge is -2.30. The molecule has 2 atom stereocenters. The highest BCUT2D eigenvalue weighted by molar-refractivity contribution is 6.41. The van der Waals surface area contributed by atoms with Gasteiger partial charge in [-0.1, -0.05) is 83.4 Å². The van der Waals surface area contributed by atoms with Gasteiger partial charge < -0.3 is 26.0 Å². The first kappa shape index (κ1) is 29.4. The number of amides is 4. The first-order valence-corrected chi connectivity index (χ1v) is 14.2. The lowest BCUT2D eigenvalue weighted by molar-refractivity contribution is -0.139. The van der Waals surface area contributed by atoms with Crippen LogP contribution in [0.15, 0.2) is 60.7 Å². The van der Waals surface area contributed by atoms with Gasteiger partial charge in [-0.05, 0) is 46.9 Å². The fourth-order valence-electron chi connectivity index (χ4n) is 4.98. The third-order valence-corrected chi connectivity index (χ3v) is 8.11. The molecule has 3 aromatic rings. The normalized spacial score (nSPS) is 15.9. The Morgan fingerprint density at radius 3 is 2.52 bits per heavy atom. The third-order valence-electron chi connectivity index (χ3n) is 7.14. The molecule has 0 spiro atoms. The average Bonchev–Trinajstić information content (AvgIpc) is 3.36. The highest BCUT2D eigenvalue weighted by atomic mass is 35.5. The molecule has 12 heteroatoms. The van der Waals surface area contributed by atoms with Gasteiger partial charge in [-0.15, -0.1) is 0 Å². The van der Waals surface area contributed by atoms with E-state index < -0.39 is 30.5 Å². The van der Waals surface area contributed by atoms with Crippen LogP contribution in [0.4, 0.5) is 4.79 Å². The molecule has 0 fully saturated rings. The van der Waals surface area contributed by atoms with Gasteiger partial charge in [0.15, 0.2) is 0 Å². The number of urea groups is 1. The van der Waals surface area contributed by atoms with Crippen LogP contribution in [0, 0.1) is 0 Å². The van der Waals surface area contributed by atoms with Crippen LogP contribution in [0.1, 0.15) is 49.0 Å². The Kier molecular flexibility index (Phi) is 8.72. The maximum Gasteiger partial charge on any atom is 0.328 e. The highest BCUT2D eigenvalue weighted by Gasteiger charge is 2.32. The summed E-state index contributed by atoms with van der Waals surface area (Å²) >= 11 is 18.9. The zero-order valence-corrected chi connectivity index (χ0v) is 24.3. The first-order valence-electron chi connectivity index (χ1n) is 13.0. The summed E-state index contributed by atoms with van der Waals surface area (Å²) in [6.07, 6.45) is 4.08. The lowest BCUT2D eigenvalue weighted by Crippen LogP contribution is -2.50. The van der Waals surface area contributed by atoms with Gasteiger partial charge in [-0.3, -0.25) is 9.59 Å². The molecule has 0 saturated heterocycles. The molecule has 5 rings (SSSR count). The molecule has 2 aliphatic rings. The van der Waals surface area contributed by atoms with Crippen molar-refractivity contribution in [3.8, 4) is 0 Å². The zero-order valence-electron chi connectivity index (χ0n) is 22.0. The minimum atomic E-state index is -1.48. The van der Waals surface area contributed by atoms with Crippen LogP contribution in [0.5, 0.6) is 0 Å². The maximum atomic E-state index is 13.2. The van der Waals surface area contributed by atoms with Gasteiger partial charge in [0.25, 0.3) is 11.8 Å². The summed E-state index contributed by atoms with van der Waals surface area (Å²) in [6, 6.07) is 13.7. The second-order valence-electron chi connectivity index (χ2n) is 9.86. The van der Waals surface area contributed by atoms with E-state index in [4.69, 9.17) is 34.8 Å². The van der Waals surface area contributed by atoms with E-state index in [9.17, 15) is 24.3 Å². The van der Waals surface area contributed by atoms with E-state index >= 15 is 0 Å². The van der Waals surface area contributed by atoms with Crippen molar-refractivity contribution in [2.24, 2.45) is 0 Å². The Balaban J connectivity index is 1.24. The molecule has 1 heterocycles. The van der Waals surface area contributed by atoms with Crippen molar-refractivity contribution in [2.75, 3.05) is 13.1 Å². The van der Waals surface area contributed by atoms with E-state index in [0.29, 0.717) is 30.1 Å². The van der Waals surface area contributed by atoms with Gasteiger partial charge in [0.1, 0.15) is 6.04 Å². The topological polar surface area (TPSA) is 128 Å². The monoisotopic (exact) mass is 626 g/mol. The van der Waals surface area contributed by atoms with Crippen LogP contribution in [-0.2, 0) is 17.8 Å². The van der Waals surface area contributed by atoms with Crippen molar-refractivity contribution in [1.29, 1.82) is 0 Å². The largest absolute Gasteiger partial charge is 0.480 e. The number of carboxylic acids is 1. The van der Waals surface area contributed by atoms with E-state index in [0.717, 1.165) is 16.7 Å². The van der Waals surface area contributed by atoms with Gasteiger partial charge in [-0.25, -0.2) is 9.59 Å². The Bertz CT molecular complexity index is 1610. The summed E-state index contributed by atoms with van der Waals surface area (Å²) in [5.41, 5.74) is 3.39. The molecular weight excluding hydrogens is 603 g/mol. The number of fused-ring (bicyclic) bond motifs is 2. The van der Waals surface area contributed by atoms with E-state index in [-0.39, 0.29) is 33.1 Å². The minimum absolute atomic E-state index is 0.0176. The van der Waals surface area contributed by atoms with Crippen molar-refractivity contribution >= 4 is 64.7 Å². The van der Waals surface area contributed by atoms with Gasteiger partial charge in [0.2, 0.25) is 0 Å². The van der Waals surface area contributed by atoms with Crippen LogP contribution in [0.25, 0.3) is 6.08 Å². The van der Waals surface area contributed by atoms with Gasteiger partial charge >= 0.3 is 12.0 Å². The number of nitrogens with one attached hydrogen (secondary N) is 3. The van der Waals surface area contributed by atoms with E-state index in [2.05, 4.69) is 16.0 Å². The molecule has 1 aliphatic carbocycles. The number of benzene rings is 3. The number of halogens is 3. The number of carbonyl (C=O) groups excluding carboxylic acids is 3. The summed E-state index contributed by atoms with van der Waals surface area (Å²) < 4.78 is 0. The number of carbonyl (C=O) groups is 4. The second kappa shape index (κ2) is 12.4. The standard InChI is InChI=1S/C30H25Cl3N4O5/c31-18-8-5-16(6-9-18)15-37-12-11-20-21(28(37)39)13-22(32)25(26(20)33)27(38)35-24(29(40)41)14-34-30(42)36-23-10-7-17-3-1-2-4-19(17)23/h1-10,13,23-24H,11-12,14-15H2,(H,35,38)(H,40,41)(H2,34,36,42)/t23-,24?/m1/s1. The highest BCUT2D eigenvalue weighted by Crippen LogP contribution is 2.35. The predicted octanol–water partition coefficient (Wildman–Crippen LogP) is 5.10. The van der Waals surface area contributed by atoms with Crippen molar-refractivity contribution in [3.63, 3.8) is 0 Å². The van der Waals surface area contributed by atoms with Crippen LogP contribution < -0.4 is 16.0 Å². The number of hydrogen-bond donors (Lipinski definition) is 4. The van der Waals surface area contributed by atoms with Crippen LogP contribution >= 0.6 is 34.8 Å². The van der Waals surface area contributed by atoms with E-state index in [1.165, 1.54) is 6.07 Å². The molecule has 0 bridgehead atoms. The summed E-state index contributed by atoms with van der Waals surface area (Å²) in [6.45, 7) is 0.314. The Hall–Kier alpha value is -4.05. The number of carboxylic acid groups (broad SMARTS) is 1. The first-order chi connectivity index (χ1) is 20.1. The Morgan fingerprint density at radius 2 is 1.79 bits per heavy atom. The minimum Gasteiger partial charge on any atom is -0.480 e. The molecule has 42 heavy (non-hydrogen) atoms.